The topological polar surface area (TPSA) is 37.3 Å². The van der Waals surface area contributed by atoms with E-state index < -0.39 is 5.97 Å². The highest BCUT2D eigenvalue weighted by Gasteiger charge is 2.20. The first kappa shape index (κ1) is 13.3. The molecule has 1 N–H and O–H groups in total. The van der Waals surface area contributed by atoms with Gasteiger partial charge in [0.1, 0.15) is 0 Å². The summed E-state index contributed by atoms with van der Waals surface area (Å²) in [7, 11) is 0. The highest BCUT2D eigenvalue weighted by Crippen LogP contribution is 2.32. The maximum absolute atomic E-state index is 11.2. The fraction of sp³-hybridized carbons (Fsp3) is 0.235. The van der Waals surface area contributed by atoms with Crippen molar-refractivity contribution in [2.45, 2.75) is 26.2 Å². The van der Waals surface area contributed by atoms with Crippen molar-refractivity contribution < 1.29 is 9.90 Å². The van der Waals surface area contributed by atoms with Crippen molar-refractivity contribution in [1.82, 2.24) is 0 Å². The maximum atomic E-state index is 11.2. The lowest BCUT2D eigenvalue weighted by molar-refractivity contribution is -0.137. The van der Waals surface area contributed by atoms with Gasteiger partial charge in [-0.05, 0) is 36.1 Å². The molecule has 98 valence electrons. The van der Waals surface area contributed by atoms with Crippen molar-refractivity contribution in [3.05, 3.63) is 70.8 Å². The highest BCUT2D eigenvalue weighted by atomic mass is 16.4. The van der Waals surface area contributed by atoms with Crippen LogP contribution in [-0.2, 0) is 4.79 Å². The first-order chi connectivity index (χ1) is 9.09. The van der Waals surface area contributed by atoms with Crippen LogP contribution in [0.1, 0.15) is 34.6 Å². The van der Waals surface area contributed by atoms with Gasteiger partial charge in [0.05, 0.1) is 6.42 Å². The fourth-order valence-corrected chi connectivity index (χ4v) is 2.52. The Bertz CT molecular complexity index is 542. The van der Waals surface area contributed by atoms with Crippen molar-refractivity contribution in [2.75, 3.05) is 0 Å². The molecule has 0 aliphatic carbocycles. The van der Waals surface area contributed by atoms with Crippen LogP contribution in [0, 0.1) is 13.8 Å². The third kappa shape index (κ3) is 3.02. The minimum absolute atomic E-state index is 0.0834. The van der Waals surface area contributed by atoms with Gasteiger partial charge < -0.3 is 5.11 Å². The molecule has 0 unspecified atom stereocenters. The summed E-state index contributed by atoms with van der Waals surface area (Å²) in [4.78, 5) is 11.2. The van der Waals surface area contributed by atoms with Crippen LogP contribution in [0.4, 0.5) is 0 Å². The minimum Gasteiger partial charge on any atom is -0.481 e. The Morgan fingerprint density at radius 2 is 1.37 bits per heavy atom. The number of carboxylic acids is 1. The van der Waals surface area contributed by atoms with E-state index in [-0.39, 0.29) is 12.3 Å². The van der Waals surface area contributed by atoms with E-state index in [4.69, 9.17) is 0 Å². The monoisotopic (exact) mass is 254 g/mol. The number of hydrogen-bond donors (Lipinski definition) is 1. The third-order valence-corrected chi connectivity index (χ3v) is 3.51. The molecule has 2 rings (SSSR count). The first-order valence-electron chi connectivity index (χ1n) is 6.42. The van der Waals surface area contributed by atoms with Gasteiger partial charge in [0.15, 0.2) is 0 Å². The van der Waals surface area contributed by atoms with Crippen LogP contribution in [0.2, 0.25) is 0 Å². The quantitative estimate of drug-likeness (QED) is 0.898. The molecule has 0 radical (unpaired) electrons. The second kappa shape index (κ2) is 5.70. The van der Waals surface area contributed by atoms with Crippen molar-refractivity contribution in [2.24, 2.45) is 0 Å². The SMILES string of the molecule is Cc1ccccc1C(CC(=O)O)c1ccccc1C. The number of rotatable bonds is 4. The van der Waals surface area contributed by atoms with Gasteiger partial charge in [-0.15, -0.1) is 0 Å². The van der Waals surface area contributed by atoms with Crippen LogP contribution >= 0.6 is 0 Å². The Balaban J connectivity index is 2.51. The van der Waals surface area contributed by atoms with Crippen LogP contribution in [0.5, 0.6) is 0 Å². The van der Waals surface area contributed by atoms with E-state index >= 15 is 0 Å². The number of carbonyl (C=O) groups is 1. The molecule has 0 heterocycles. The van der Waals surface area contributed by atoms with Crippen LogP contribution in [-0.4, -0.2) is 11.1 Å². The number of carboxylic acid groups (broad SMARTS) is 1. The molecule has 0 fully saturated rings. The summed E-state index contributed by atoms with van der Waals surface area (Å²) >= 11 is 0. The van der Waals surface area contributed by atoms with Gasteiger partial charge in [0.25, 0.3) is 0 Å². The van der Waals surface area contributed by atoms with Gasteiger partial charge in [0, 0.05) is 5.92 Å². The van der Waals surface area contributed by atoms with Crippen LogP contribution in [0.15, 0.2) is 48.5 Å². The molecular formula is C17H18O2. The van der Waals surface area contributed by atoms with Gasteiger partial charge in [-0.2, -0.15) is 0 Å². The fourth-order valence-electron chi connectivity index (χ4n) is 2.52. The standard InChI is InChI=1S/C17H18O2/c1-12-7-3-5-9-14(12)16(11-17(18)19)15-10-6-4-8-13(15)2/h3-10,16H,11H2,1-2H3,(H,18,19). The number of aliphatic carboxylic acids is 1. The number of hydrogen-bond acceptors (Lipinski definition) is 1. The molecule has 2 nitrogen and oxygen atoms in total. The largest absolute Gasteiger partial charge is 0.481 e. The first-order valence-corrected chi connectivity index (χ1v) is 6.42. The average Bonchev–Trinajstić information content (AvgIpc) is 2.37. The molecule has 0 aliphatic heterocycles. The van der Waals surface area contributed by atoms with E-state index in [1.165, 1.54) is 0 Å². The molecule has 0 amide bonds. The van der Waals surface area contributed by atoms with E-state index in [0.29, 0.717) is 0 Å². The van der Waals surface area contributed by atoms with Crippen LogP contribution in [0.3, 0.4) is 0 Å². The molecule has 0 aromatic heterocycles. The van der Waals surface area contributed by atoms with Crippen LogP contribution < -0.4 is 0 Å². The molecule has 2 heteroatoms. The van der Waals surface area contributed by atoms with Gasteiger partial charge in [-0.3, -0.25) is 4.79 Å². The van der Waals surface area contributed by atoms with Crippen LogP contribution in [0.25, 0.3) is 0 Å². The Morgan fingerprint density at radius 1 is 0.947 bits per heavy atom. The second-order valence-corrected chi connectivity index (χ2v) is 4.86. The Morgan fingerprint density at radius 3 is 1.74 bits per heavy atom. The second-order valence-electron chi connectivity index (χ2n) is 4.86. The summed E-state index contributed by atoms with van der Waals surface area (Å²) in [6.45, 7) is 4.06. The molecule has 2 aromatic carbocycles. The van der Waals surface area contributed by atoms with Crippen molar-refractivity contribution in [1.29, 1.82) is 0 Å². The minimum atomic E-state index is -0.767. The lowest BCUT2D eigenvalue weighted by atomic mass is 9.84. The predicted octanol–water partition coefficient (Wildman–Crippen LogP) is 3.91. The summed E-state index contributed by atoms with van der Waals surface area (Å²) in [5.74, 6) is -0.851. The van der Waals surface area contributed by atoms with E-state index in [1.54, 1.807) is 0 Å². The average molecular weight is 254 g/mol. The molecular weight excluding hydrogens is 236 g/mol. The van der Waals surface area contributed by atoms with Gasteiger partial charge in [-0.1, -0.05) is 48.5 Å². The summed E-state index contributed by atoms with van der Waals surface area (Å²) in [5, 5.41) is 9.19. The molecule has 0 aliphatic rings. The number of aryl methyl sites for hydroxylation is 2. The Hall–Kier alpha value is -2.09. The van der Waals surface area contributed by atoms with Crippen molar-refractivity contribution in [3.63, 3.8) is 0 Å². The third-order valence-electron chi connectivity index (χ3n) is 3.51. The maximum Gasteiger partial charge on any atom is 0.304 e. The lowest BCUT2D eigenvalue weighted by Gasteiger charge is -2.20. The Labute approximate surface area is 113 Å². The molecule has 19 heavy (non-hydrogen) atoms. The number of benzene rings is 2. The molecule has 0 saturated heterocycles. The summed E-state index contributed by atoms with van der Waals surface area (Å²) < 4.78 is 0. The van der Waals surface area contributed by atoms with Crippen molar-refractivity contribution >= 4 is 5.97 Å². The summed E-state index contributed by atoms with van der Waals surface area (Å²) in [6.07, 6.45) is 0.121. The summed E-state index contributed by atoms with van der Waals surface area (Å²) in [5.41, 5.74) is 4.47. The molecule has 0 saturated carbocycles. The van der Waals surface area contributed by atoms with Gasteiger partial charge in [-0.25, -0.2) is 0 Å². The zero-order chi connectivity index (χ0) is 13.8. The van der Waals surface area contributed by atoms with Crippen molar-refractivity contribution in [3.8, 4) is 0 Å². The molecule has 0 spiro atoms. The van der Waals surface area contributed by atoms with E-state index in [9.17, 15) is 9.90 Å². The molecule has 0 bridgehead atoms. The normalized spacial score (nSPS) is 10.7. The zero-order valence-corrected chi connectivity index (χ0v) is 11.3. The van der Waals surface area contributed by atoms with E-state index in [1.807, 2.05) is 62.4 Å². The lowest BCUT2D eigenvalue weighted by Crippen LogP contribution is -2.10. The van der Waals surface area contributed by atoms with E-state index in [0.717, 1.165) is 22.3 Å². The Kier molecular flexibility index (Phi) is 4.00. The van der Waals surface area contributed by atoms with Gasteiger partial charge >= 0.3 is 5.97 Å². The predicted molar refractivity (Wildman–Crippen MR) is 76.5 cm³/mol. The summed E-state index contributed by atoms with van der Waals surface area (Å²) in [6, 6.07) is 16.0. The zero-order valence-electron chi connectivity index (χ0n) is 11.3. The van der Waals surface area contributed by atoms with E-state index in [2.05, 4.69) is 0 Å². The van der Waals surface area contributed by atoms with Gasteiger partial charge in [0.2, 0.25) is 0 Å². The smallest absolute Gasteiger partial charge is 0.304 e. The highest BCUT2D eigenvalue weighted by molar-refractivity contribution is 5.69. The molecule has 0 atom stereocenters. The molecule has 2 aromatic rings.